The molecule has 0 spiro atoms. The third kappa shape index (κ3) is 5.39. The third-order valence-corrected chi connectivity index (χ3v) is 7.83. The SMILES string of the molecule is C#CCOc1c(Cl)cc(/C=c2/sc3n(c2=O)[C@@H](c2cccc4ccccc24)C(C(=O)OCC)=C(C)N=3)cc1OCC. The van der Waals surface area contributed by atoms with E-state index in [9.17, 15) is 9.59 Å². The van der Waals surface area contributed by atoms with E-state index in [1.807, 2.05) is 49.4 Å². The van der Waals surface area contributed by atoms with Gasteiger partial charge in [-0.15, -0.1) is 6.42 Å². The molecule has 0 N–H and O–H groups in total. The van der Waals surface area contributed by atoms with Crippen LogP contribution in [-0.4, -0.2) is 30.4 Å². The molecule has 5 rings (SSSR count). The number of hydrogen-bond acceptors (Lipinski definition) is 7. The van der Waals surface area contributed by atoms with Crippen LogP contribution in [0.1, 0.15) is 37.9 Å². The summed E-state index contributed by atoms with van der Waals surface area (Å²) in [6.45, 7) is 5.99. The van der Waals surface area contributed by atoms with E-state index in [2.05, 4.69) is 10.9 Å². The number of rotatable bonds is 8. The first-order chi connectivity index (χ1) is 19.9. The monoisotopic (exact) mass is 586 g/mol. The Morgan fingerprint density at radius 1 is 1.15 bits per heavy atom. The number of carbonyl (C=O) groups excluding carboxylic acids is 1. The number of thiazole rings is 1. The Bertz CT molecular complexity index is 1910. The number of fused-ring (bicyclic) bond motifs is 2. The zero-order chi connectivity index (χ0) is 29.1. The maximum absolute atomic E-state index is 14.1. The van der Waals surface area contributed by atoms with E-state index in [4.69, 9.17) is 32.2 Å². The van der Waals surface area contributed by atoms with Crippen molar-refractivity contribution < 1.29 is 19.0 Å². The number of halogens is 1. The van der Waals surface area contributed by atoms with Gasteiger partial charge in [0.2, 0.25) is 0 Å². The summed E-state index contributed by atoms with van der Waals surface area (Å²) in [4.78, 5) is 32.5. The fourth-order valence-electron chi connectivity index (χ4n) is 4.91. The standard InChI is InChI=1S/C32H27ClN2O5S/c1-5-15-40-29-24(33)16-20(17-25(29)38-6-2)18-26-30(36)35-28(23-14-10-12-21-11-8-9-13-22(21)23)27(31(37)39-7-3)19(4)34-32(35)41-26/h1,8-14,16-18,28H,6-7,15H2,2-4H3/b26-18+/t28-/m0/s1. The van der Waals surface area contributed by atoms with Crippen molar-refractivity contribution in [2.75, 3.05) is 19.8 Å². The summed E-state index contributed by atoms with van der Waals surface area (Å²) in [5.74, 6) is 2.68. The van der Waals surface area contributed by atoms with Crippen molar-refractivity contribution in [3.63, 3.8) is 0 Å². The Morgan fingerprint density at radius 2 is 1.93 bits per heavy atom. The van der Waals surface area contributed by atoms with Crippen LogP contribution < -0.4 is 24.4 Å². The van der Waals surface area contributed by atoms with Gasteiger partial charge in [0, 0.05) is 0 Å². The number of nitrogens with zero attached hydrogens (tertiary/aromatic N) is 2. The van der Waals surface area contributed by atoms with Crippen LogP contribution in [0.15, 0.2) is 75.7 Å². The van der Waals surface area contributed by atoms with Crippen LogP contribution >= 0.6 is 22.9 Å². The molecule has 2 heterocycles. The molecular formula is C32H27ClN2O5S. The fourth-order valence-corrected chi connectivity index (χ4v) is 6.23. The van der Waals surface area contributed by atoms with Crippen molar-refractivity contribution in [2.45, 2.75) is 26.8 Å². The van der Waals surface area contributed by atoms with Crippen LogP contribution in [-0.2, 0) is 9.53 Å². The van der Waals surface area contributed by atoms with Gasteiger partial charge in [-0.25, -0.2) is 9.79 Å². The average Bonchev–Trinajstić information content (AvgIpc) is 3.25. The molecule has 0 amide bonds. The molecule has 0 saturated carbocycles. The molecule has 0 bridgehead atoms. The van der Waals surface area contributed by atoms with Crippen molar-refractivity contribution >= 4 is 45.8 Å². The maximum Gasteiger partial charge on any atom is 0.338 e. The van der Waals surface area contributed by atoms with Crippen molar-refractivity contribution in [3.05, 3.63) is 102 Å². The molecule has 41 heavy (non-hydrogen) atoms. The van der Waals surface area contributed by atoms with Crippen LogP contribution in [0.3, 0.4) is 0 Å². The largest absolute Gasteiger partial charge is 0.490 e. The zero-order valence-electron chi connectivity index (χ0n) is 22.8. The number of carbonyl (C=O) groups is 1. The molecular weight excluding hydrogens is 560 g/mol. The van der Waals surface area contributed by atoms with E-state index in [0.29, 0.717) is 49.3 Å². The summed E-state index contributed by atoms with van der Waals surface area (Å²) < 4.78 is 18.8. The molecule has 0 fully saturated rings. The molecule has 7 nitrogen and oxygen atoms in total. The summed E-state index contributed by atoms with van der Waals surface area (Å²) in [5, 5.41) is 2.23. The van der Waals surface area contributed by atoms with Crippen LogP contribution in [0.4, 0.5) is 0 Å². The molecule has 1 aliphatic heterocycles. The topological polar surface area (TPSA) is 79.1 Å². The summed E-state index contributed by atoms with van der Waals surface area (Å²) in [5.41, 5.74) is 2.00. The second-order valence-corrected chi connectivity index (χ2v) is 10.5. The van der Waals surface area contributed by atoms with Gasteiger partial charge in [0.05, 0.1) is 40.1 Å². The van der Waals surface area contributed by atoms with Gasteiger partial charge in [0.15, 0.2) is 16.3 Å². The van der Waals surface area contributed by atoms with Crippen molar-refractivity contribution in [1.29, 1.82) is 0 Å². The Morgan fingerprint density at radius 3 is 2.68 bits per heavy atom. The number of terminal acetylenes is 1. The molecule has 0 aliphatic carbocycles. The van der Waals surface area contributed by atoms with Gasteiger partial charge in [-0.3, -0.25) is 9.36 Å². The number of esters is 1. The lowest BCUT2D eigenvalue weighted by molar-refractivity contribution is -0.139. The molecule has 1 aliphatic rings. The lowest BCUT2D eigenvalue weighted by Gasteiger charge is -2.25. The predicted molar refractivity (Wildman–Crippen MR) is 161 cm³/mol. The molecule has 1 atom stereocenters. The van der Waals surface area contributed by atoms with Gasteiger partial charge in [0.25, 0.3) is 5.56 Å². The van der Waals surface area contributed by atoms with Crippen molar-refractivity contribution in [2.24, 2.45) is 4.99 Å². The highest BCUT2D eigenvalue weighted by Gasteiger charge is 2.34. The number of ether oxygens (including phenoxy) is 3. The van der Waals surface area contributed by atoms with Crippen molar-refractivity contribution in [1.82, 2.24) is 4.57 Å². The number of benzene rings is 3. The summed E-state index contributed by atoms with van der Waals surface area (Å²) in [6, 6.07) is 16.4. The summed E-state index contributed by atoms with van der Waals surface area (Å²) in [6.07, 6.45) is 7.07. The first kappa shape index (κ1) is 28.2. The quantitative estimate of drug-likeness (QED) is 0.214. The third-order valence-electron chi connectivity index (χ3n) is 6.56. The highest BCUT2D eigenvalue weighted by Crippen LogP contribution is 2.37. The minimum Gasteiger partial charge on any atom is -0.490 e. The highest BCUT2D eigenvalue weighted by atomic mass is 35.5. The van der Waals surface area contributed by atoms with E-state index in [-0.39, 0.29) is 18.8 Å². The van der Waals surface area contributed by atoms with Crippen LogP contribution in [0.2, 0.25) is 5.02 Å². The molecule has 0 unspecified atom stereocenters. The Balaban J connectivity index is 1.73. The minimum atomic E-state index is -0.722. The predicted octanol–water partition coefficient (Wildman–Crippen LogP) is 5.02. The summed E-state index contributed by atoms with van der Waals surface area (Å²) >= 11 is 7.76. The van der Waals surface area contributed by atoms with Gasteiger partial charge in [-0.2, -0.15) is 0 Å². The van der Waals surface area contributed by atoms with Gasteiger partial charge in [-0.05, 0) is 60.9 Å². The zero-order valence-corrected chi connectivity index (χ0v) is 24.3. The van der Waals surface area contributed by atoms with E-state index < -0.39 is 12.0 Å². The van der Waals surface area contributed by atoms with Crippen molar-refractivity contribution in [3.8, 4) is 23.8 Å². The Hall–Kier alpha value is -4.32. The van der Waals surface area contributed by atoms with Gasteiger partial charge in [0.1, 0.15) is 6.61 Å². The summed E-state index contributed by atoms with van der Waals surface area (Å²) in [7, 11) is 0. The van der Waals surface area contributed by atoms with Gasteiger partial charge < -0.3 is 14.2 Å². The number of allylic oxidation sites excluding steroid dienone is 1. The van der Waals surface area contributed by atoms with Crippen LogP contribution in [0, 0.1) is 12.3 Å². The Kier molecular flexibility index (Phi) is 8.29. The van der Waals surface area contributed by atoms with Gasteiger partial charge in [-0.1, -0.05) is 71.3 Å². The maximum atomic E-state index is 14.1. The molecule has 4 aromatic rings. The lowest BCUT2D eigenvalue weighted by Crippen LogP contribution is -2.40. The second kappa shape index (κ2) is 12.0. The molecule has 9 heteroatoms. The van der Waals surface area contributed by atoms with Crippen LogP contribution in [0.5, 0.6) is 11.5 Å². The first-order valence-corrected chi connectivity index (χ1v) is 14.3. The molecule has 1 aromatic heterocycles. The molecule has 0 radical (unpaired) electrons. The molecule has 3 aromatic carbocycles. The minimum absolute atomic E-state index is 0.0358. The molecule has 208 valence electrons. The van der Waals surface area contributed by atoms with E-state index >= 15 is 0 Å². The lowest BCUT2D eigenvalue weighted by atomic mass is 9.91. The first-order valence-electron chi connectivity index (χ1n) is 13.1. The number of hydrogen-bond donors (Lipinski definition) is 0. The van der Waals surface area contributed by atoms with E-state index in [0.717, 1.165) is 16.3 Å². The normalized spacial score (nSPS) is 14.8. The fraction of sp³-hybridized carbons (Fsp3) is 0.219. The van der Waals surface area contributed by atoms with Gasteiger partial charge >= 0.3 is 5.97 Å². The van der Waals surface area contributed by atoms with Crippen LogP contribution in [0.25, 0.3) is 16.8 Å². The van der Waals surface area contributed by atoms with E-state index in [1.165, 1.54) is 11.3 Å². The Labute approximate surface area is 246 Å². The smallest absolute Gasteiger partial charge is 0.338 e. The number of aromatic nitrogens is 1. The highest BCUT2D eigenvalue weighted by molar-refractivity contribution is 7.07. The molecule has 0 saturated heterocycles. The average molecular weight is 587 g/mol. The van der Waals surface area contributed by atoms with E-state index in [1.54, 1.807) is 36.6 Å². The second-order valence-electron chi connectivity index (χ2n) is 9.13.